The van der Waals surface area contributed by atoms with Crippen LogP contribution in [0.15, 0.2) is 60.0 Å². The summed E-state index contributed by atoms with van der Waals surface area (Å²) < 4.78 is 13.0. The first-order valence-corrected chi connectivity index (χ1v) is 11.6. The van der Waals surface area contributed by atoms with Crippen molar-refractivity contribution in [2.24, 2.45) is 5.10 Å². The minimum Gasteiger partial charge on any atom is -0.325 e. The van der Waals surface area contributed by atoms with Crippen LogP contribution >= 0.6 is 11.8 Å². The van der Waals surface area contributed by atoms with Crippen LogP contribution in [0, 0.1) is 19.7 Å². The molecule has 0 aliphatic carbocycles. The van der Waals surface area contributed by atoms with Crippen molar-refractivity contribution in [1.82, 2.24) is 20.8 Å². The number of nitrogens with zero attached hydrogens (tertiary/aromatic N) is 3. The largest absolute Gasteiger partial charge is 0.325 e. The quantitative estimate of drug-likeness (QED) is 0.660. The van der Waals surface area contributed by atoms with Gasteiger partial charge in [-0.15, -0.1) is 0 Å². The molecule has 9 heteroatoms. The number of fused-ring (bicyclic) bond motifs is 3. The van der Waals surface area contributed by atoms with Crippen LogP contribution in [0.2, 0.25) is 0 Å². The molecule has 32 heavy (non-hydrogen) atoms. The second-order valence-corrected chi connectivity index (χ2v) is 9.20. The van der Waals surface area contributed by atoms with E-state index in [4.69, 9.17) is 0 Å². The van der Waals surface area contributed by atoms with Gasteiger partial charge < -0.3 is 15.2 Å². The summed E-state index contributed by atoms with van der Waals surface area (Å²) in [6.07, 6.45) is 4.97. The van der Waals surface area contributed by atoms with E-state index in [2.05, 4.69) is 63.2 Å². The summed E-state index contributed by atoms with van der Waals surface area (Å²) in [5, 5.41) is 10.2. The second-order valence-electron chi connectivity index (χ2n) is 8.25. The molecule has 3 aliphatic heterocycles. The molecule has 3 atom stereocenters. The number of nitrogens with one attached hydrogen (secondary N) is 3. The molecule has 7 nitrogen and oxygen atoms in total. The third-order valence-electron chi connectivity index (χ3n) is 6.10. The molecule has 0 aromatic heterocycles. The van der Waals surface area contributed by atoms with E-state index in [1.165, 1.54) is 40.6 Å². The number of hydrogen-bond donors (Lipinski definition) is 3. The molecule has 3 aliphatic rings. The first-order chi connectivity index (χ1) is 15.5. The van der Waals surface area contributed by atoms with Crippen molar-refractivity contribution in [3.63, 3.8) is 0 Å². The highest BCUT2D eigenvalue weighted by molar-refractivity contribution is 8.14. The Balaban J connectivity index is 1.19. The van der Waals surface area contributed by atoms with E-state index in [1.807, 2.05) is 12.4 Å². The maximum Gasteiger partial charge on any atom is 0.234 e. The molecule has 2 aromatic rings. The molecule has 0 radical (unpaired) electrons. The molecule has 5 rings (SSSR count). The lowest BCUT2D eigenvalue weighted by molar-refractivity contribution is -0.113. The maximum atomic E-state index is 13.0. The smallest absolute Gasteiger partial charge is 0.234 e. The van der Waals surface area contributed by atoms with Crippen molar-refractivity contribution in [2.45, 2.75) is 38.5 Å². The molecule has 1 saturated heterocycles. The average molecular weight is 453 g/mol. The van der Waals surface area contributed by atoms with E-state index < -0.39 is 0 Å². The van der Waals surface area contributed by atoms with Gasteiger partial charge in [0.15, 0.2) is 5.17 Å². The highest BCUT2D eigenvalue weighted by Crippen LogP contribution is 2.35. The Labute approximate surface area is 190 Å². The fraction of sp³-hybridized carbons (Fsp3) is 0.304. The van der Waals surface area contributed by atoms with Gasteiger partial charge in [0.25, 0.3) is 0 Å². The van der Waals surface area contributed by atoms with E-state index in [-0.39, 0.29) is 35.7 Å². The van der Waals surface area contributed by atoms with Gasteiger partial charge in [0.1, 0.15) is 12.0 Å². The summed E-state index contributed by atoms with van der Waals surface area (Å²) >= 11 is 1.37. The Morgan fingerprint density at radius 1 is 1.19 bits per heavy atom. The third kappa shape index (κ3) is 4.05. The number of amides is 1. The summed E-state index contributed by atoms with van der Waals surface area (Å²) in [4.78, 5) is 14.4. The van der Waals surface area contributed by atoms with Crippen LogP contribution in [0.3, 0.4) is 0 Å². The van der Waals surface area contributed by atoms with E-state index in [9.17, 15) is 9.18 Å². The number of aryl methyl sites for hydroxylation is 2. The van der Waals surface area contributed by atoms with Crippen molar-refractivity contribution < 1.29 is 9.18 Å². The van der Waals surface area contributed by atoms with Gasteiger partial charge in [-0.3, -0.25) is 10.2 Å². The van der Waals surface area contributed by atoms with Crippen LogP contribution in [0.25, 0.3) is 0 Å². The molecule has 3 heterocycles. The zero-order valence-electron chi connectivity index (χ0n) is 17.9. The number of hydrazone groups is 1. The lowest BCUT2D eigenvalue weighted by Crippen LogP contribution is -2.54. The third-order valence-corrected chi connectivity index (χ3v) is 7.07. The predicted octanol–water partition coefficient (Wildman–Crippen LogP) is 3.42. The summed E-state index contributed by atoms with van der Waals surface area (Å²) in [7, 11) is 0. The molecular weight excluding hydrogens is 427 g/mol. The van der Waals surface area contributed by atoms with Gasteiger partial charge in [-0.05, 0) is 61.2 Å². The number of thioether (sulfide) groups is 1. The number of carbonyl (C=O) groups excluding carboxylic acids is 1. The maximum absolute atomic E-state index is 13.0. The summed E-state index contributed by atoms with van der Waals surface area (Å²) in [5.41, 5.74) is 11.3. The van der Waals surface area contributed by atoms with Crippen molar-refractivity contribution in [2.75, 3.05) is 11.1 Å². The molecule has 1 fully saturated rings. The molecule has 2 aromatic carbocycles. The molecule has 0 bridgehead atoms. The van der Waals surface area contributed by atoms with Crippen molar-refractivity contribution in [3.8, 4) is 0 Å². The predicted molar refractivity (Wildman–Crippen MR) is 125 cm³/mol. The first-order valence-electron chi connectivity index (χ1n) is 10.6. The highest BCUT2D eigenvalue weighted by Gasteiger charge is 2.44. The average Bonchev–Trinajstić information content (AvgIpc) is 3.39. The molecule has 0 spiro atoms. The minimum absolute atomic E-state index is 0.00621. The minimum atomic E-state index is -0.332. The Morgan fingerprint density at radius 2 is 2.00 bits per heavy atom. The van der Waals surface area contributed by atoms with Gasteiger partial charge in [-0.2, -0.15) is 5.10 Å². The Bertz CT molecular complexity index is 1090. The zero-order chi connectivity index (χ0) is 22.2. The van der Waals surface area contributed by atoms with Crippen LogP contribution in [-0.2, 0) is 4.79 Å². The van der Waals surface area contributed by atoms with Gasteiger partial charge in [0.2, 0.25) is 5.91 Å². The number of anilines is 1. The number of rotatable bonds is 4. The van der Waals surface area contributed by atoms with Gasteiger partial charge in [-0.1, -0.05) is 30.0 Å². The molecule has 1 amide bonds. The normalized spacial score (nSPS) is 23.5. The molecular formula is C23H25FN6OS. The summed E-state index contributed by atoms with van der Waals surface area (Å²) in [6, 6.07) is 12.8. The van der Waals surface area contributed by atoms with Gasteiger partial charge >= 0.3 is 0 Å². The zero-order valence-corrected chi connectivity index (χ0v) is 18.7. The van der Waals surface area contributed by atoms with Crippen LogP contribution in [0.5, 0.6) is 0 Å². The molecule has 3 unspecified atom stereocenters. The van der Waals surface area contributed by atoms with Crippen LogP contribution in [-0.4, -0.2) is 38.9 Å². The Kier molecular flexibility index (Phi) is 5.52. The molecule has 166 valence electrons. The fourth-order valence-electron chi connectivity index (χ4n) is 4.21. The fourth-order valence-corrected chi connectivity index (χ4v) is 4.98. The topological polar surface area (TPSA) is 72.0 Å². The standard InChI is InChI=1S/C23H25FN6OS/c1-14-3-4-16(11-15(14)2)19-12-20-22-26-27-23(29(22)9-10-30(20)28-19)32-13-21(31)25-18-7-5-17(24)6-8-18/h3-11,19-20,22,26,28H,12-13H2,1-2H3,(H,25,31). The lowest BCUT2D eigenvalue weighted by Gasteiger charge is -2.36. The summed E-state index contributed by atoms with van der Waals surface area (Å²) in [6.45, 7) is 4.27. The number of carbonyl (C=O) groups is 1. The van der Waals surface area contributed by atoms with Gasteiger partial charge in [0.05, 0.1) is 17.8 Å². The number of halogens is 1. The Morgan fingerprint density at radius 3 is 2.78 bits per heavy atom. The molecule has 0 saturated carbocycles. The van der Waals surface area contributed by atoms with Crippen LogP contribution in [0.4, 0.5) is 10.1 Å². The number of hydrazine groups is 1. The number of hydrogen-bond acceptors (Lipinski definition) is 7. The van der Waals surface area contributed by atoms with Crippen LogP contribution in [0.1, 0.15) is 29.2 Å². The summed E-state index contributed by atoms with van der Waals surface area (Å²) in [5.74, 6) is -0.276. The van der Waals surface area contributed by atoms with E-state index in [0.29, 0.717) is 5.69 Å². The van der Waals surface area contributed by atoms with E-state index in [0.717, 1.165) is 11.6 Å². The molecule has 3 N–H and O–H groups in total. The number of benzene rings is 2. The van der Waals surface area contributed by atoms with Crippen molar-refractivity contribution in [3.05, 3.63) is 77.4 Å². The number of amidine groups is 1. The van der Waals surface area contributed by atoms with Crippen LogP contribution < -0.4 is 16.2 Å². The second kappa shape index (κ2) is 8.48. The van der Waals surface area contributed by atoms with E-state index in [1.54, 1.807) is 12.1 Å². The van der Waals surface area contributed by atoms with Gasteiger partial charge in [0, 0.05) is 18.1 Å². The lowest BCUT2D eigenvalue weighted by atomic mass is 9.97. The van der Waals surface area contributed by atoms with E-state index >= 15 is 0 Å². The monoisotopic (exact) mass is 452 g/mol. The van der Waals surface area contributed by atoms with Crippen molar-refractivity contribution >= 4 is 28.5 Å². The SMILES string of the molecule is Cc1ccc(C2CC3C4NN=C(SCC(=O)Nc5ccc(F)cc5)N4C=CN3N2)cc1C. The highest BCUT2D eigenvalue weighted by atomic mass is 32.2. The first kappa shape index (κ1) is 20.8. The van der Waals surface area contributed by atoms with Crippen molar-refractivity contribution in [1.29, 1.82) is 0 Å². The Hall–Kier alpha value is -3.04. The van der Waals surface area contributed by atoms with Gasteiger partial charge in [-0.25, -0.2) is 9.82 Å².